The fourth-order valence-corrected chi connectivity index (χ4v) is 2.45. The third-order valence-electron chi connectivity index (χ3n) is 2.47. The first kappa shape index (κ1) is 13.6. The van der Waals surface area contributed by atoms with Gasteiger partial charge in [0.25, 0.3) is 0 Å². The molecule has 2 rings (SSSR count). The molecule has 2 aromatic rings. The lowest BCUT2D eigenvalue weighted by Gasteiger charge is -2.07. The predicted octanol–water partition coefficient (Wildman–Crippen LogP) is 3.82. The van der Waals surface area contributed by atoms with E-state index in [1.807, 2.05) is 6.07 Å². The lowest BCUT2D eigenvalue weighted by atomic mass is 10.1. The molecule has 0 saturated carbocycles. The largest absolute Gasteiger partial charge is 0.416 e. The Morgan fingerprint density at radius 2 is 2.11 bits per heavy atom. The molecule has 19 heavy (non-hydrogen) atoms. The van der Waals surface area contributed by atoms with Crippen LogP contribution in [0.25, 0.3) is 0 Å². The number of aromatic nitrogens is 1. The maximum Gasteiger partial charge on any atom is 0.416 e. The molecular weight excluding hydrogens is 273 g/mol. The Kier molecular flexibility index (Phi) is 3.86. The van der Waals surface area contributed by atoms with Crippen LogP contribution in [0, 0.1) is 11.3 Å². The number of benzene rings is 1. The van der Waals surface area contributed by atoms with Gasteiger partial charge < -0.3 is 0 Å². The van der Waals surface area contributed by atoms with Gasteiger partial charge in [-0.05, 0) is 11.6 Å². The number of halogens is 3. The highest BCUT2D eigenvalue weighted by molar-refractivity contribution is 7.09. The molecule has 0 saturated heterocycles. The molecule has 1 aromatic heterocycles. The first-order chi connectivity index (χ1) is 8.99. The van der Waals surface area contributed by atoms with Crippen molar-refractivity contribution in [3.8, 4) is 6.07 Å². The van der Waals surface area contributed by atoms with Crippen molar-refractivity contribution in [2.24, 2.45) is 0 Å². The quantitative estimate of drug-likeness (QED) is 0.858. The number of alkyl halides is 3. The summed E-state index contributed by atoms with van der Waals surface area (Å²) in [4.78, 5) is 4.20. The summed E-state index contributed by atoms with van der Waals surface area (Å²) in [5.74, 6) is 0. The molecular formula is C13H9F3N2S. The van der Waals surface area contributed by atoms with Crippen molar-refractivity contribution in [3.05, 3.63) is 51.5 Å². The van der Waals surface area contributed by atoms with E-state index in [0.29, 0.717) is 22.7 Å². The Balaban J connectivity index is 2.17. The summed E-state index contributed by atoms with van der Waals surface area (Å²) >= 11 is 1.35. The number of nitriles is 1. The maximum absolute atomic E-state index is 12.6. The summed E-state index contributed by atoms with van der Waals surface area (Å²) in [7, 11) is 0. The van der Waals surface area contributed by atoms with Crippen molar-refractivity contribution in [1.29, 1.82) is 5.26 Å². The Hall–Kier alpha value is -1.87. The molecule has 0 aliphatic rings. The SMILES string of the molecule is N#CCc1csc(Cc2cccc(C(F)(F)F)c2)n1. The average molecular weight is 282 g/mol. The highest BCUT2D eigenvalue weighted by Crippen LogP contribution is 2.30. The molecule has 6 heteroatoms. The Morgan fingerprint density at radius 3 is 2.79 bits per heavy atom. The second-order valence-electron chi connectivity index (χ2n) is 3.94. The van der Waals surface area contributed by atoms with E-state index >= 15 is 0 Å². The van der Waals surface area contributed by atoms with Crippen molar-refractivity contribution >= 4 is 11.3 Å². The summed E-state index contributed by atoms with van der Waals surface area (Å²) < 4.78 is 37.7. The molecule has 0 aliphatic carbocycles. The van der Waals surface area contributed by atoms with Gasteiger partial charge >= 0.3 is 6.18 Å². The third kappa shape index (κ3) is 3.55. The van der Waals surface area contributed by atoms with Gasteiger partial charge in [-0.1, -0.05) is 18.2 Å². The second-order valence-corrected chi connectivity index (χ2v) is 4.89. The van der Waals surface area contributed by atoms with Crippen LogP contribution < -0.4 is 0 Å². The number of nitrogens with zero attached hydrogens (tertiary/aromatic N) is 2. The normalized spacial score (nSPS) is 11.3. The zero-order valence-electron chi connectivity index (χ0n) is 9.74. The molecule has 98 valence electrons. The minimum atomic E-state index is -4.33. The van der Waals surface area contributed by atoms with E-state index in [1.165, 1.54) is 17.4 Å². The van der Waals surface area contributed by atoms with E-state index in [-0.39, 0.29) is 6.42 Å². The molecule has 0 fully saturated rings. The molecule has 0 bridgehead atoms. The second kappa shape index (κ2) is 5.41. The highest BCUT2D eigenvalue weighted by Gasteiger charge is 2.30. The molecule has 0 atom stereocenters. The molecule has 2 nitrogen and oxygen atoms in total. The first-order valence-electron chi connectivity index (χ1n) is 5.45. The smallest absolute Gasteiger partial charge is 0.245 e. The van der Waals surface area contributed by atoms with Gasteiger partial charge in [0, 0.05) is 11.8 Å². The van der Waals surface area contributed by atoms with E-state index in [1.54, 1.807) is 11.4 Å². The highest BCUT2D eigenvalue weighted by atomic mass is 32.1. The van der Waals surface area contributed by atoms with E-state index in [0.717, 1.165) is 12.1 Å². The topological polar surface area (TPSA) is 36.7 Å². The zero-order valence-corrected chi connectivity index (χ0v) is 10.6. The maximum atomic E-state index is 12.6. The van der Waals surface area contributed by atoms with Gasteiger partial charge in [-0.15, -0.1) is 11.3 Å². The van der Waals surface area contributed by atoms with Crippen molar-refractivity contribution in [3.63, 3.8) is 0 Å². The van der Waals surface area contributed by atoms with Gasteiger partial charge in [0.2, 0.25) is 0 Å². The fraction of sp³-hybridized carbons (Fsp3) is 0.231. The predicted molar refractivity (Wildman–Crippen MR) is 65.7 cm³/mol. The lowest BCUT2D eigenvalue weighted by molar-refractivity contribution is -0.137. The first-order valence-corrected chi connectivity index (χ1v) is 6.33. The van der Waals surface area contributed by atoms with Crippen LogP contribution in [0.1, 0.15) is 21.8 Å². The van der Waals surface area contributed by atoms with Crippen molar-refractivity contribution < 1.29 is 13.2 Å². The van der Waals surface area contributed by atoms with Gasteiger partial charge in [-0.3, -0.25) is 0 Å². The van der Waals surface area contributed by atoms with Crippen LogP contribution in [-0.2, 0) is 19.0 Å². The van der Waals surface area contributed by atoms with Crippen LogP contribution in [0.3, 0.4) is 0 Å². The molecule has 1 aromatic carbocycles. The number of hydrogen-bond donors (Lipinski definition) is 0. The van der Waals surface area contributed by atoms with Gasteiger partial charge in [-0.25, -0.2) is 4.98 Å². The summed E-state index contributed by atoms with van der Waals surface area (Å²) in [5, 5.41) is 11.0. The number of hydrogen-bond acceptors (Lipinski definition) is 3. The van der Waals surface area contributed by atoms with E-state index in [4.69, 9.17) is 5.26 Å². The van der Waals surface area contributed by atoms with Crippen molar-refractivity contribution in [2.45, 2.75) is 19.0 Å². The third-order valence-corrected chi connectivity index (χ3v) is 3.37. The molecule has 0 unspecified atom stereocenters. The zero-order chi connectivity index (χ0) is 13.9. The number of rotatable bonds is 3. The van der Waals surface area contributed by atoms with Crippen LogP contribution in [0.15, 0.2) is 29.6 Å². The van der Waals surface area contributed by atoms with Gasteiger partial charge in [-0.2, -0.15) is 18.4 Å². The molecule has 0 aliphatic heterocycles. The summed E-state index contributed by atoms with van der Waals surface area (Å²) in [6, 6.07) is 7.19. The van der Waals surface area contributed by atoms with E-state index < -0.39 is 11.7 Å². The minimum Gasteiger partial charge on any atom is -0.245 e. The monoisotopic (exact) mass is 282 g/mol. The minimum absolute atomic E-state index is 0.221. The van der Waals surface area contributed by atoms with Gasteiger partial charge in [0.15, 0.2) is 0 Å². The van der Waals surface area contributed by atoms with Crippen LogP contribution in [-0.4, -0.2) is 4.98 Å². The standard InChI is InChI=1S/C13H9F3N2S/c14-13(15,16)10-3-1-2-9(6-10)7-12-18-11(4-5-17)8-19-12/h1-3,6,8H,4,7H2. The van der Waals surface area contributed by atoms with E-state index in [9.17, 15) is 13.2 Å². The molecule has 1 heterocycles. The summed E-state index contributed by atoms with van der Waals surface area (Å²) in [5.41, 5.74) is 0.570. The fourth-order valence-electron chi connectivity index (χ4n) is 1.62. The molecule has 0 radical (unpaired) electrons. The van der Waals surface area contributed by atoms with E-state index in [2.05, 4.69) is 4.98 Å². The Labute approximate surface area is 112 Å². The van der Waals surface area contributed by atoms with Crippen LogP contribution in [0.4, 0.5) is 13.2 Å². The summed E-state index contributed by atoms with van der Waals surface area (Å²) in [6.45, 7) is 0. The van der Waals surface area contributed by atoms with Crippen LogP contribution >= 0.6 is 11.3 Å². The van der Waals surface area contributed by atoms with Crippen LogP contribution in [0.5, 0.6) is 0 Å². The molecule has 0 amide bonds. The molecule has 0 N–H and O–H groups in total. The lowest BCUT2D eigenvalue weighted by Crippen LogP contribution is -2.05. The Bertz CT molecular complexity index is 611. The van der Waals surface area contributed by atoms with Gasteiger partial charge in [0.1, 0.15) is 0 Å². The Morgan fingerprint density at radius 1 is 1.32 bits per heavy atom. The van der Waals surface area contributed by atoms with Crippen molar-refractivity contribution in [2.75, 3.05) is 0 Å². The number of thiazole rings is 1. The van der Waals surface area contributed by atoms with Gasteiger partial charge in [0.05, 0.1) is 28.8 Å². The summed E-state index contributed by atoms with van der Waals surface area (Å²) in [6.07, 6.45) is -3.76. The van der Waals surface area contributed by atoms with Crippen molar-refractivity contribution in [1.82, 2.24) is 4.98 Å². The molecule has 0 spiro atoms. The van der Waals surface area contributed by atoms with Crippen LogP contribution in [0.2, 0.25) is 0 Å². The average Bonchev–Trinajstić information content (AvgIpc) is 2.76.